The molecule has 0 bridgehead atoms. The van der Waals surface area contributed by atoms with Gasteiger partial charge in [0.25, 0.3) is 5.69 Å². The number of piperazine rings is 1. The lowest BCUT2D eigenvalue weighted by molar-refractivity contribution is -0.385. The lowest BCUT2D eigenvalue weighted by atomic mass is 10.1. The first kappa shape index (κ1) is 24.4. The molecule has 14 heteroatoms. The molecule has 2 saturated heterocycles. The largest absolute Gasteiger partial charge is 0.335 e. The SMILES string of the molecule is CCS(=O)(=O)N1CCC(NC(=O)N2CCN(S(=O)(=O)c3cccc([N+](=O)[O-])c3)CC2)CC1. The highest BCUT2D eigenvalue weighted by Gasteiger charge is 2.32. The fourth-order valence-corrected chi connectivity index (χ4v) is 6.36. The Morgan fingerprint density at radius 2 is 1.69 bits per heavy atom. The predicted octanol–water partition coefficient (Wildman–Crippen LogP) is 0.425. The Kier molecular flexibility index (Phi) is 7.37. The van der Waals surface area contributed by atoms with Gasteiger partial charge in [0.15, 0.2) is 0 Å². The second kappa shape index (κ2) is 9.68. The van der Waals surface area contributed by atoms with E-state index in [0.717, 1.165) is 6.07 Å². The number of hydrogen-bond donors (Lipinski definition) is 1. The van der Waals surface area contributed by atoms with Gasteiger partial charge in [-0.3, -0.25) is 10.1 Å². The van der Waals surface area contributed by atoms with Crippen LogP contribution in [0.2, 0.25) is 0 Å². The molecule has 0 saturated carbocycles. The zero-order valence-corrected chi connectivity index (χ0v) is 19.3. The van der Waals surface area contributed by atoms with Crippen LogP contribution in [0.3, 0.4) is 0 Å². The zero-order valence-electron chi connectivity index (χ0n) is 17.7. The van der Waals surface area contributed by atoms with Crippen molar-refractivity contribution in [3.05, 3.63) is 34.4 Å². The highest BCUT2D eigenvalue weighted by Crippen LogP contribution is 2.22. The lowest BCUT2D eigenvalue weighted by Crippen LogP contribution is -2.55. The number of nitro benzene ring substituents is 1. The molecule has 32 heavy (non-hydrogen) atoms. The quantitative estimate of drug-likeness (QED) is 0.449. The molecule has 2 aliphatic heterocycles. The monoisotopic (exact) mass is 489 g/mol. The molecule has 0 aliphatic carbocycles. The molecule has 1 N–H and O–H groups in total. The molecule has 2 amide bonds. The van der Waals surface area contributed by atoms with Gasteiger partial charge in [0.1, 0.15) is 0 Å². The van der Waals surface area contributed by atoms with Crippen molar-refractivity contribution in [2.24, 2.45) is 0 Å². The molecule has 178 valence electrons. The normalized spacial score (nSPS) is 19.6. The van der Waals surface area contributed by atoms with E-state index in [1.807, 2.05) is 0 Å². The van der Waals surface area contributed by atoms with Crippen molar-refractivity contribution in [1.29, 1.82) is 0 Å². The minimum atomic E-state index is -3.91. The number of piperidine rings is 1. The Morgan fingerprint density at radius 3 is 2.25 bits per heavy atom. The van der Waals surface area contributed by atoms with Gasteiger partial charge in [0.2, 0.25) is 20.0 Å². The summed E-state index contributed by atoms with van der Waals surface area (Å²) in [7, 11) is -7.14. The van der Waals surface area contributed by atoms with E-state index in [0.29, 0.717) is 25.9 Å². The molecule has 0 radical (unpaired) electrons. The molecule has 0 aromatic heterocycles. The molecule has 0 spiro atoms. The van der Waals surface area contributed by atoms with Crippen molar-refractivity contribution >= 4 is 31.8 Å². The van der Waals surface area contributed by atoms with Crippen LogP contribution in [0.15, 0.2) is 29.2 Å². The Labute approximate surface area is 187 Å². The summed E-state index contributed by atoms with van der Waals surface area (Å²) in [4.78, 5) is 24.2. The number of sulfonamides is 2. The number of non-ortho nitro benzene ring substituents is 1. The number of nitro groups is 1. The molecule has 12 nitrogen and oxygen atoms in total. The second-order valence-electron chi connectivity index (χ2n) is 7.67. The van der Waals surface area contributed by atoms with Crippen LogP contribution in [0.25, 0.3) is 0 Å². The first-order chi connectivity index (χ1) is 15.0. The van der Waals surface area contributed by atoms with Crippen LogP contribution in [0.5, 0.6) is 0 Å². The average molecular weight is 490 g/mol. The minimum absolute atomic E-state index is 0.0491. The van der Waals surface area contributed by atoms with Gasteiger partial charge in [0, 0.05) is 57.4 Å². The number of nitrogens with zero attached hydrogens (tertiary/aromatic N) is 4. The Hall–Kier alpha value is -2.29. The third-order valence-electron chi connectivity index (χ3n) is 5.73. The molecule has 1 aromatic rings. The summed E-state index contributed by atoms with van der Waals surface area (Å²) in [5.41, 5.74) is -0.304. The van der Waals surface area contributed by atoms with Crippen LogP contribution < -0.4 is 5.32 Å². The van der Waals surface area contributed by atoms with Crippen LogP contribution in [-0.4, -0.2) is 92.4 Å². The summed E-state index contributed by atoms with van der Waals surface area (Å²) in [6, 6.07) is 4.44. The summed E-state index contributed by atoms with van der Waals surface area (Å²) in [5.74, 6) is 0.0491. The number of carbonyl (C=O) groups excluding carboxylic acids is 1. The van der Waals surface area contributed by atoms with E-state index in [-0.39, 0.29) is 54.6 Å². The molecule has 0 unspecified atom stereocenters. The third kappa shape index (κ3) is 5.36. The number of urea groups is 1. The first-order valence-corrected chi connectivity index (χ1v) is 13.4. The number of hydrogen-bond acceptors (Lipinski definition) is 7. The standard InChI is InChI=1S/C18H27N5O7S2/c1-2-31(27,28)21-8-6-15(7-9-21)19-18(24)20-10-12-22(13-11-20)32(29,30)17-5-3-4-16(14-17)23(25)26/h3-5,14-15H,2,6-13H2,1H3,(H,19,24). The van der Waals surface area contributed by atoms with Gasteiger partial charge >= 0.3 is 6.03 Å². The second-order valence-corrected chi connectivity index (χ2v) is 11.9. The fraction of sp³-hybridized carbons (Fsp3) is 0.611. The van der Waals surface area contributed by atoms with Crippen molar-refractivity contribution in [3.8, 4) is 0 Å². The van der Waals surface area contributed by atoms with E-state index in [1.165, 1.54) is 31.7 Å². The average Bonchev–Trinajstić information content (AvgIpc) is 2.79. The van der Waals surface area contributed by atoms with Crippen molar-refractivity contribution < 1.29 is 26.6 Å². The maximum atomic E-state index is 12.8. The molecule has 1 aromatic carbocycles. The zero-order chi connectivity index (χ0) is 23.5. The van der Waals surface area contributed by atoms with E-state index < -0.39 is 25.0 Å². The molecular weight excluding hydrogens is 462 g/mol. The molecule has 2 heterocycles. The molecular formula is C18H27N5O7S2. The van der Waals surface area contributed by atoms with E-state index in [1.54, 1.807) is 6.92 Å². The van der Waals surface area contributed by atoms with Crippen LogP contribution in [0, 0.1) is 10.1 Å². The molecule has 2 fully saturated rings. The highest BCUT2D eigenvalue weighted by atomic mass is 32.2. The van der Waals surface area contributed by atoms with Crippen molar-refractivity contribution in [2.45, 2.75) is 30.7 Å². The van der Waals surface area contributed by atoms with E-state index in [2.05, 4.69) is 5.32 Å². The third-order valence-corrected chi connectivity index (χ3v) is 9.51. The van der Waals surface area contributed by atoms with Gasteiger partial charge in [-0.25, -0.2) is 25.9 Å². The predicted molar refractivity (Wildman–Crippen MR) is 116 cm³/mol. The summed E-state index contributed by atoms with van der Waals surface area (Å²) in [5, 5.41) is 13.8. The van der Waals surface area contributed by atoms with Crippen LogP contribution >= 0.6 is 0 Å². The van der Waals surface area contributed by atoms with Gasteiger partial charge in [-0.15, -0.1) is 0 Å². The van der Waals surface area contributed by atoms with Crippen molar-refractivity contribution in [1.82, 2.24) is 18.8 Å². The molecule has 2 aliphatic rings. The first-order valence-electron chi connectivity index (χ1n) is 10.3. The minimum Gasteiger partial charge on any atom is -0.335 e. The number of nitrogens with one attached hydrogen (secondary N) is 1. The van der Waals surface area contributed by atoms with Gasteiger partial charge < -0.3 is 10.2 Å². The van der Waals surface area contributed by atoms with Crippen LogP contribution in [-0.2, 0) is 20.0 Å². The van der Waals surface area contributed by atoms with Crippen LogP contribution in [0.4, 0.5) is 10.5 Å². The van der Waals surface area contributed by atoms with Gasteiger partial charge in [-0.1, -0.05) is 6.07 Å². The Balaban J connectivity index is 1.53. The van der Waals surface area contributed by atoms with E-state index in [4.69, 9.17) is 0 Å². The van der Waals surface area contributed by atoms with Crippen molar-refractivity contribution in [3.63, 3.8) is 0 Å². The summed E-state index contributed by atoms with van der Waals surface area (Å²) < 4.78 is 52.2. The summed E-state index contributed by atoms with van der Waals surface area (Å²) in [6.07, 6.45) is 1.04. The Bertz CT molecular complexity index is 1060. The number of benzene rings is 1. The smallest absolute Gasteiger partial charge is 0.317 e. The number of carbonyl (C=O) groups is 1. The Morgan fingerprint density at radius 1 is 1.06 bits per heavy atom. The number of rotatable bonds is 6. The summed E-state index contributed by atoms with van der Waals surface area (Å²) >= 11 is 0. The highest BCUT2D eigenvalue weighted by molar-refractivity contribution is 7.89. The fourth-order valence-electron chi connectivity index (χ4n) is 3.76. The van der Waals surface area contributed by atoms with Crippen LogP contribution in [0.1, 0.15) is 19.8 Å². The van der Waals surface area contributed by atoms with Gasteiger partial charge in [-0.2, -0.15) is 4.31 Å². The van der Waals surface area contributed by atoms with Crippen molar-refractivity contribution in [2.75, 3.05) is 45.0 Å². The topological polar surface area (TPSA) is 150 Å². The molecule has 0 atom stereocenters. The van der Waals surface area contributed by atoms with E-state index in [9.17, 15) is 31.7 Å². The summed E-state index contributed by atoms with van der Waals surface area (Å²) in [6.45, 7) is 2.83. The number of amides is 2. The van der Waals surface area contributed by atoms with Gasteiger partial charge in [0.05, 0.1) is 15.6 Å². The maximum Gasteiger partial charge on any atom is 0.317 e. The maximum absolute atomic E-state index is 12.8. The van der Waals surface area contributed by atoms with Gasteiger partial charge in [-0.05, 0) is 25.8 Å². The molecule has 3 rings (SSSR count). The lowest BCUT2D eigenvalue weighted by Gasteiger charge is -2.36. The van der Waals surface area contributed by atoms with E-state index >= 15 is 0 Å².